The van der Waals surface area contributed by atoms with Crippen LogP contribution in [-0.2, 0) is 16.6 Å². The lowest BCUT2D eigenvalue weighted by Crippen LogP contribution is -2.31. The second-order valence-corrected chi connectivity index (χ2v) is 6.72. The molecule has 0 spiro atoms. The molecule has 0 N–H and O–H groups in total. The van der Waals surface area contributed by atoms with Crippen molar-refractivity contribution >= 4 is 10.0 Å². The fourth-order valence-corrected chi connectivity index (χ4v) is 3.60. The highest BCUT2D eigenvalue weighted by Gasteiger charge is 2.23. The van der Waals surface area contributed by atoms with Crippen LogP contribution in [0.1, 0.15) is 18.9 Å². The van der Waals surface area contributed by atoms with Crippen molar-refractivity contribution < 1.29 is 12.8 Å². The SMILES string of the molecule is CCCN(Cc1ccccc1)S(=O)(=O)c1ccc(F)cc1. The third-order valence-electron chi connectivity index (χ3n) is 3.13. The van der Waals surface area contributed by atoms with Crippen LogP contribution in [0.2, 0.25) is 0 Å². The molecule has 0 saturated heterocycles. The van der Waals surface area contributed by atoms with E-state index in [1.54, 1.807) is 0 Å². The minimum atomic E-state index is -3.61. The Morgan fingerprint density at radius 3 is 2.19 bits per heavy atom. The Balaban J connectivity index is 2.30. The van der Waals surface area contributed by atoms with Gasteiger partial charge < -0.3 is 0 Å². The molecule has 21 heavy (non-hydrogen) atoms. The van der Waals surface area contributed by atoms with Gasteiger partial charge in [-0.2, -0.15) is 4.31 Å². The molecule has 2 rings (SSSR count). The van der Waals surface area contributed by atoms with Gasteiger partial charge in [0.1, 0.15) is 5.82 Å². The normalized spacial score (nSPS) is 11.8. The van der Waals surface area contributed by atoms with E-state index in [0.717, 1.165) is 5.56 Å². The van der Waals surface area contributed by atoms with Crippen LogP contribution in [0.25, 0.3) is 0 Å². The number of hydrogen-bond donors (Lipinski definition) is 0. The van der Waals surface area contributed by atoms with E-state index in [1.807, 2.05) is 37.3 Å². The van der Waals surface area contributed by atoms with Crippen molar-refractivity contribution in [2.24, 2.45) is 0 Å². The van der Waals surface area contributed by atoms with E-state index in [2.05, 4.69) is 0 Å². The van der Waals surface area contributed by atoms with Crippen molar-refractivity contribution in [2.75, 3.05) is 6.54 Å². The van der Waals surface area contributed by atoms with Crippen LogP contribution in [0.3, 0.4) is 0 Å². The van der Waals surface area contributed by atoms with E-state index in [1.165, 1.54) is 28.6 Å². The van der Waals surface area contributed by atoms with Crippen LogP contribution in [0.15, 0.2) is 59.5 Å². The van der Waals surface area contributed by atoms with Crippen molar-refractivity contribution in [1.82, 2.24) is 4.31 Å². The Hall–Kier alpha value is -1.72. The lowest BCUT2D eigenvalue weighted by atomic mass is 10.2. The maximum Gasteiger partial charge on any atom is 0.243 e. The van der Waals surface area contributed by atoms with Gasteiger partial charge in [0.25, 0.3) is 0 Å². The lowest BCUT2D eigenvalue weighted by molar-refractivity contribution is 0.405. The maximum atomic E-state index is 13.0. The van der Waals surface area contributed by atoms with Gasteiger partial charge in [0.2, 0.25) is 10.0 Å². The van der Waals surface area contributed by atoms with Crippen molar-refractivity contribution in [3.8, 4) is 0 Å². The standard InChI is InChI=1S/C16H18FNO2S/c1-2-12-18(13-14-6-4-3-5-7-14)21(19,20)16-10-8-15(17)9-11-16/h3-11H,2,12-13H2,1H3. The van der Waals surface area contributed by atoms with Gasteiger partial charge in [-0.1, -0.05) is 37.3 Å². The van der Waals surface area contributed by atoms with Crippen LogP contribution >= 0.6 is 0 Å². The molecule has 0 bridgehead atoms. The number of nitrogens with zero attached hydrogens (tertiary/aromatic N) is 1. The summed E-state index contributed by atoms with van der Waals surface area (Å²) in [5, 5.41) is 0. The van der Waals surface area contributed by atoms with Crippen LogP contribution in [0, 0.1) is 5.82 Å². The number of benzene rings is 2. The summed E-state index contributed by atoms with van der Waals surface area (Å²) >= 11 is 0. The van der Waals surface area contributed by atoms with Gasteiger partial charge in [-0.25, -0.2) is 12.8 Å². The topological polar surface area (TPSA) is 37.4 Å². The van der Waals surface area contributed by atoms with Crippen LogP contribution in [0.4, 0.5) is 4.39 Å². The Morgan fingerprint density at radius 1 is 1.00 bits per heavy atom. The molecule has 0 aliphatic heterocycles. The van der Waals surface area contributed by atoms with Crippen molar-refractivity contribution in [1.29, 1.82) is 0 Å². The van der Waals surface area contributed by atoms with E-state index < -0.39 is 15.8 Å². The summed E-state index contributed by atoms with van der Waals surface area (Å²) in [5.74, 6) is -0.445. The average molecular weight is 307 g/mol. The Morgan fingerprint density at radius 2 is 1.62 bits per heavy atom. The molecule has 0 atom stereocenters. The fourth-order valence-electron chi connectivity index (χ4n) is 2.08. The summed E-state index contributed by atoms with van der Waals surface area (Å²) in [4.78, 5) is 0.119. The van der Waals surface area contributed by atoms with Crippen molar-refractivity contribution in [3.05, 3.63) is 66.0 Å². The molecule has 5 heteroatoms. The largest absolute Gasteiger partial charge is 0.243 e. The summed E-state index contributed by atoms with van der Waals surface area (Å²) in [6, 6.07) is 14.4. The fraction of sp³-hybridized carbons (Fsp3) is 0.250. The predicted molar refractivity (Wildman–Crippen MR) is 80.7 cm³/mol. The molecular formula is C16H18FNO2S. The van der Waals surface area contributed by atoms with Gasteiger partial charge in [-0.15, -0.1) is 0 Å². The predicted octanol–water partition coefficient (Wildman–Crippen LogP) is 3.43. The Bertz CT molecular complexity index is 669. The summed E-state index contributed by atoms with van der Waals surface area (Å²) in [6.07, 6.45) is 0.716. The molecule has 0 aliphatic carbocycles. The van der Waals surface area contributed by atoms with E-state index in [4.69, 9.17) is 0 Å². The summed E-state index contributed by atoms with van der Waals surface area (Å²) in [5.41, 5.74) is 0.927. The maximum absolute atomic E-state index is 13.0. The highest BCUT2D eigenvalue weighted by Crippen LogP contribution is 2.19. The van der Waals surface area contributed by atoms with E-state index in [9.17, 15) is 12.8 Å². The molecule has 0 aromatic heterocycles. The van der Waals surface area contributed by atoms with Crippen LogP contribution < -0.4 is 0 Å². The molecular weight excluding hydrogens is 289 g/mol. The smallest absolute Gasteiger partial charge is 0.207 e. The number of halogens is 1. The zero-order valence-electron chi connectivity index (χ0n) is 11.9. The van der Waals surface area contributed by atoms with E-state index in [-0.39, 0.29) is 4.90 Å². The highest BCUT2D eigenvalue weighted by atomic mass is 32.2. The highest BCUT2D eigenvalue weighted by molar-refractivity contribution is 7.89. The molecule has 0 radical (unpaired) electrons. The summed E-state index contributed by atoms with van der Waals surface area (Å²) in [6.45, 7) is 2.67. The molecule has 0 aliphatic rings. The van der Waals surface area contributed by atoms with Gasteiger partial charge in [-0.3, -0.25) is 0 Å². The van der Waals surface area contributed by atoms with Gasteiger partial charge in [0, 0.05) is 13.1 Å². The van der Waals surface area contributed by atoms with Gasteiger partial charge >= 0.3 is 0 Å². The van der Waals surface area contributed by atoms with Crippen molar-refractivity contribution in [2.45, 2.75) is 24.8 Å². The van der Waals surface area contributed by atoms with Gasteiger partial charge in [-0.05, 0) is 36.2 Å². The quantitative estimate of drug-likeness (QED) is 0.820. The Labute approximate surface area is 125 Å². The molecule has 0 unspecified atom stereocenters. The first-order valence-electron chi connectivity index (χ1n) is 6.83. The summed E-state index contributed by atoms with van der Waals surface area (Å²) < 4.78 is 39.7. The average Bonchev–Trinajstić information content (AvgIpc) is 2.48. The third kappa shape index (κ3) is 3.89. The monoisotopic (exact) mass is 307 g/mol. The van der Waals surface area contributed by atoms with Gasteiger partial charge in [0.15, 0.2) is 0 Å². The number of hydrogen-bond acceptors (Lipinski definition) is 2. The summed E-state index contributed by atoms with van der Waals surface area (Å²) in [7, 11) is -3.61. The zero-order valence-corrected chi connectivity index (χ0v) is 12.7. The molecule has 0 saturated carbocycles. The minimum Gasteiger partial charge on any atom is -0.207 e. The van der Waals surface area contributed by atoms with E-state index in [0.29, 0.717) is 19.5 Å². The molecule has 0 fully saturated rings. The second kappa shape index (κ2) is 6.83. The van der Waals surface area contributed by atoms with Crippen molar-refractivity contribution in [3.63, 3.8) is 0 Å². The number of rotatable bonds is 6. The third-order valence-corrected chi connectivity index (χ3v) is 4.99. The molecule has 3 nitrogen and oxygen atoms in total. The molecule has 2 aromatic carbocycles. The number of sulfonamides is 1. The first kappa shape index (κ1) is 15.7. The second-order valence-electron chi connectivity index (χ2n) is 4.78. The van der Waals surface area contributed by atoms with E-state index >= 15 is 0 Å². The first-order valence-corrected chi connectivity index (χ1v) is 8.27. The minimum absolute atomic E-state index is 0.119. The van der Waals surface area contributed by atoms with Crippen LogP contribution in [-0.4, -0.2) is 19.3 Å². The molecule has 112 valence electrons. The Kier molecular flexibility index (Phi) is 5.09. The van der Waals surface area contributed by atoms with Gasteiger partial charge in [0.05, 0.1) is 4.90 Å². The molecule has 2 aromatic rings. The molecule has 0 amide bonds. The lowest BCUT2D eigenvalue weighted by Gasteiger charge is -2.21. The zero-order chi connectivity index (χ0) is 15.3. The van der Waals surface area contributed by atoms with Crippen LogP contribution in [0.5, 0.6) is 0 Å². The first-order chi connectivity index (χ1) is 10.0. The molecule has 0 heterocycles.